The Hall–Kier alpha value is -2.69. The highest BCUT2D eigenvalue weighted by molar-refractivity contribution is 5.73. The lowest BCUT2D eigenvalue weighted by molar-refractivity contribution is 0.240. The Labute approximate surface area is 143 Å². The molecule has 5 nitrogen and oxygen atoms in total. The minimum Gasteiger partial charge on any atom is -0.493 e. The number of methoxy groups -OCH3 is 1. The number of ether oxygens (including phenoxy) is 2. The summed E-state index contributed by atoms with van der Waals surface area (Å²) in [6.45, 7) is 3.62. The molecule has 2 aromatic carbocycles. The van der Waals surface area contributed by atoms with Gasteiger partial charge >= 0.3 is 6.03 Å². The Morgan fingerprint density at radius 1 is 0.958 bits per heavy atom. The molecule has 0 fully saturated rings. The first-order valence-electron chi connectivity index (χ1n) is 8.08. The molecule has 0 unspecified atom stereocenters. The van der Waals surface area contributed by atoms with Crippen molar-refractivity contribution in [3.8, 4) is 11.5 Å². The van der Waals surface area contributed by atoms with Crippen LogP contribution in [-0.2, 0) is 13.1 Å². The summed E-state index contributed by atoms with van der Waals surface area (Å²) in [5.74, 6) is 1.39. The largest absolute Gasteiger partial charge is 0.493 e. The van der Waals surface area contributed by atoms with Gasteiger partial charge in [-0.3, -0.25) is 0 Å². The number of urea groups is 1. The molecule has 2 rings (SSSR count). The maximum atomic E-state index is 11.9. The van der Waals surface area contributed by atoms with Gasteiger partial charge in [-0.2, -0.15) is 0 Å². The van der Waals surface area contributed by atoms with Crippen molar-refractivity contribution in [2.75, 3.05) is 13.7 Å². The predicted molar refractivity (Wildman–Crippen MR) is 94.3 cm³/mol. The number of hydrogen-bond acceptors (Lipinski definition) is 3. The number of carbonyl (C=O) groups excluding carboxylic acids is 1. The van der Waals surface area contributed by atoms with Crippen molar-refractivity contribution in [3.63, 3.8) is 0 Å². The second-order valence-corrected chi connectivity index (χ2v) is 5.36. The summed E-state index contributed by atoms with van der Waals surface area (Å²) in [4.78, 5) is 11.9. The van der Waals surface area contributed by atoms with Gasteiger partial charge in [0.1, 0.15) is 0 Å². The fourth-order valence-electron chi connectivity index (χ4n) is 2.18. The highest BCUT2D eigenvalue weighted by atomic mass is 16.5. The lowest BCUT2D eigenvalue weighted by Gasteiger charge is -2.12. The molecule has 2 N–H and O–H groups in total. The van der Waals surface area contributed by atoms with Crippen LogP contribution in [0.3, 0.4) is 0 Å². The Morgan fingerprint density at radius 3 is 2.33 bits per heavy atom. The molecule has 0 bridgehead atoms. The first kappa shape index (κ1) is 17.7. The van der Waals surface area contributed by atoms with Crippen LogP contribution >= 0.6 is 0 Å². The van der Waals surface area contributed by atoms with E-state index < -0.39 is 0 Å². The molecule has 0 saturated carbocycles. The summed E-state index contributed by atoms with van der Waals surface area (Å²) in [5, 5.41) is 5.67. The van der Waals surface area contributed by atoms with E-state index in [1.165, 1.54) is 0 Å². The summed E-state index contributed by atoms with van der Waals surface area (Å²) in [6.07, 6.45) is 0.939. The average molecular weight is 328 g/mol. The highest BCUT2D eigenvalue weighted by Crippen LogP contribution is 2.28. The van der Waals surface area contributed by atoms with Crippen LogP contribution in [-0.4, -0.2) is 19.7 Å². The van der Waals surface area contributed by atoms with E-state index in [1.54, 1.807) is 7.11 Å². The van der Waals surface area contributed by atoms with E-state index in [-0.39, 0.29) is 6.03 Å². The van der Waals surface area contributed by atoms with E-state index in [0.717, 1.165) is 23.3 Å². The Morgan fingerprint density at radius 2 is 1.67 bits per heavy atom. The third kappa shape index (κ3) is 5.50. The summed E-state index contributed by atoms with van der Waals surface area (Å²) >= 11 is 0. The van der Waals surface area contributed by atoms with E-state index in [2.05, 4.69) is 17.6 Å². The quantitative estimate of drug-likeness (QED) is 0.780. The predicted octanol–water partition coefficient (Wildman–Crippen LogP) is 3.48. The van der Waals surface area contributed by atoms with Gasteiger partial charge in [0, 0.05) is 13.1 Å². The van der Waals surface area contributed by atoms with Crippen molar-refractivity contribution in [3.05, 3.63) is 59.7 Å². The smallest absolute Gasteiger partial charge is 0.315 e. The summed E-state index contributed by atoms with van der Waals surface area (Å²) < 4.78 is 11.0. The molecule has 0 atom stereocenters. The Balaban J connectivity index is 1.83. The zero-order valence-electron chi connectivity index (χ0n) is 14.2. The second kappa shape index (κ2) is 9.45. The van der Waals surface area contributed by atoms with Crippen LogP contribution in [0.5, 0.6) is 11.5 Å². The van der Waals surface area contributed by atoms with Crippen molar-refractivity contribution in [1.29, 1.82) is 0 Å². The van der Waals surface area contributed by atoms with Crippen LogP contribution in [0.25, 0.3) is 0 Å². The van der Waals surface area contributed by atoms with Gasteiger partial charge in [0.2, 0.25) is 0 Å². The van der Waals surface area contributed by atoms with E-state index in [1.807, 2.05) is 48.5 Å². The summed E-state index contributed by atoms with van der Waals surface area (Å²) in [7, 11) is 1.61. The standard InChI is InChI=1S/C19H24N2O3/c1-3-11-24-17-10-9-16(12-18(17)23-2)14-21-19(22)20-13-15-7-5-4-6-8-15/h4-10,12H,3,11,13-14H2,1-2H3,(H2,20,21,22). The molecule has 0 aromatic heterocycles. The van der Waals surface area contributed by atoms with E-state index >= 15 is 0 Å². The minimum atomic E-state index is -0.205. The van der Waals surface area contributed by atoms with Crippen LogP contribution < -0.4 is 20.1 Å². The molecule has 0 aliphatic rings. The molecule has 0 spiro atoms. The zero-order chi connectivity index (χ0) is 17.2. The van der Waals surface area contributed by atoms with Crippen molar-refractivity contribution >= 4 is 6.03 Å². The number of benzene rings is 2. The first-order chi connectivity index (χ1) is 11.7. The van der Waals surface area contributed by atoms with Crippen LogP contribution in [0.15, 0.2) is 48.5 Å². The van der Waals surface area contributed by atoms with Gasteiger partial charge in [-0.25, -0.2) is 4.79 Å². The molecule has 0 heterocycles. The van der Waals surface area contributed by atoms with Crippen molar-refractivity contribution in [1.82, 2.24) is 10.6 Å². The topological polar surface area (TPSA) is 59.6 Å². The number of carbonyl (C=O) groups is 1. The zero-order valence-corrected chi connectivity index (χ0v) is 14.2. The molecule has 2 aromatic rings. The molecule has 5 heteroatoms. The number of rotatable bonds is 8. The van der Waals surface area contributed by atoms with E-state index in [9.17, 15) is 4.79 Å². The number of hydrogen-bond donors (Lipinski definition) is 2. The monoisotopic (exact) mass is 328 g/mol. The molecule has 2 amide bonds. The molecule has 0 aliphatic carbocycles. The first-order valence-corrected chi connectivity index (χ1v) is 8.08. The van der Waals surface area contributed by atoms with Crippen molar-refractivity contribution in [2.45, 2.75) is 26.4 Å². The number of amides is 2. The van der Waals surface area contributed by atoms with Gasteiger partial charge in [-0.05, 0) is 29.7 Å². The van der Waals surface area contributed by atoms with Gasteiger partial charge in [0.05, 0.1) is 13.7 Å². The third-order valence-corrected chi connectivity index (χ3v) is 3.44. The van der Waals surface area contributed by atoms with Crippen LogP contribution in [0.1, 0.15) is 24.5 Å². The molecular formula is C19H24N2O3. The number of nitrogens with one attached hydrogen (secondary N) is 2. The van der Waals surface area contributed by atoms with Gasteiger partial charge < -0.3 is 20.1 Å². The lowest BCUT2D eigenvalue weighted by atomic mass is 10.2. The summed E-state index contributed by atoms with van der Waals surface area (Å²) in [6, 6.07) is 15.3. The maximum Gasteiger partial charge on any atom is 0.315 e. The van der Waals surface area contributed by atoms with Gasteiger partial charge in [-0.1, -0.05) is 43.3 Å². The summed E-state index contributed by atoms with van der Waals surface area (Å²) in [5.41, 5.74) is 2.01. The van der Waals surface area contributed by atoms with Gasteiger partial charge in [-0.15, -0.1) is 0 Å². The van der Waals surface area contributed by atoms with Crippen molar-refractivity contribution in [2.24, 2.45) is 0 Å². The molecule has 0 aliphatic heterocycles. The molecule has 24 heavy (non-hydrogen) atoms. The lowest BCUT2D eigenvalue weighted by Crippen LogP contribution is -2.34. The Kier molecular flexibility index (Phi) is 6.95. The third-order valence-electron chi connectivity index (χ3n) is 3.44. The average Bonchev–Trinajstić information content (AvgIpc) is 2.64. The molecule has 128 valence electrons. The van der Waals surface area contributed by atoms with Gasteiger partial charge in [0.15, 0.2) is 11.5 Å². The molecular weight excluding hydrogens is 304 g/mol. The maximum absolute atomic E-state index is 11.9. The SMILES string of the molecule is CCCOc1ccc(CNC(=O)NCc2ccccc2)cc1OC. The molecule has 0 saturated heterocycles. The van der Waals surface area contributed by atoms with Crippen LogP contribution in [0, 0.1) is 0 Å². The highest BCUT2D eigenvalue weighted by Gasteiger charge is 2.07. The fourth-order valence-corrected chi connectivity index (χ4v) is 2.18. The van der Waals surface area contributed by atoms with Crippen LogP contribution in [0.4, 0.5) is 4.79 Å². The van der Waals surface area contributed by atoms with Crippen molar-refractivity contribution < 1.29 is 14.3 Å². The minimum absolute atomic E-state index is 0.205. The fraction of sp³-hybridized carbons (Fsp3) is 0.316. The van der Waals surface area contributed by atoms with E-state index in [0.29, 0.717) is 25.4 Å². The molecule has 0 radical (unpaired) electrons. The van der Waals surface area contributed by atoms with Crippen LogP contribution in [0.2, 0.25) is 0 Å². The van der Waals surface area contributed by atoms with Gasteiger partial charge in [0.25, 0.3) is 0 Å². The second-order valence-electron chi connectivity index (χ2n) is 5.36. The van der Waals surface area contributed by atoms with E-state index in [4.69, 9.17) is 9.47 Å². The normalized spacial score (nSPS) is 10.1. The Bertz CT molecular complexity index is 644.